The maximum Gasteiger partial charge on any atom is 0.310 e. The predicted octanol–water partition coefficient (Wildman–Crippen LogP) is 1.54. The fraction of sp³-hybridized carbons (Fsp3) is 0.833. The summed E-state index contributed by atoms with van der Waals surface area (Å²) in [5, 5.41) is 9.23. The Morgan fingerprint density at radius 1 is 1.31 bits per heavy atom. The van der Waals surface area contributed by atoms with E-state index in [-0.39, 0.29) is 17.8 Å². The summed E-state index contributed by atoms with van der Waals surface area (Å²) in [7, 11) is 0. The van der Waals surface area contributed by atoms with Crippen molar-refractivity contribution in [2.24, 2.45) is 29.6 Å². The number of rotatable bonds is 3. The Hall–Kier alpha value is -1.06. The van der Waals surface area contributed by atoms with Crippen molar-refractivity contribution in [2.45, 2.75) is 26.7 Å². The Morgan fingerprint density at radius 2 is 2.00 bits per heavy atom. The summed E-state index contributed by atoms with van der Waals surface area (Å²) in [5.74, 6) is -1.26. The number of ether oxygens (including phenoxy) is 1. The van der Waals surface area contributed by atoms with Crippen molar-refractivity contribution in [3.63, 3.8) is 0 Å². The van der Waals surface area contributed by atoms with E-state index >= 15 is 0 Å². The number of carbonyl (C=O) groups is 2. The van der Waals surface area contributed by atoms with Gasteiger partial charge in [-0.25, -0.2) is 0 Å². The van der Waals surface area contributed by atoms with Gasteiger partial charge in [-0.1, -0.05) is 6.92 Å². The van der Waals surface area contributed by atoms with E-state index in [1.54, 1.807) is 6.92 Å². The van der Waals surface area contributed by atoms with Gasteiger partial charge in [-0.05, 0) is 37.5 Å². The normalized spacial score (nSPS) is 41.0. The first-order valence-electron chi connectivity index (χ1n) is 5.95. The molecule has 4 heteroatoms. The van der Waals surface area contributed by atoms with Gasteiger partial charge in [-0.3, -0.25) is 9.59 Å². The van der Waals surface area contributed by atoms with Gasteiger partial charge < -0.3 is 9.84 Å². The lowest BCUT2D eigenvalue weighted by Crippen LogP contribution is -2.38. The summed E-state index contributed by atoms with van der Waals surface area (Å²) < 4.78 is 4.99. The molecule has 0 aromatic heterocycles. The summed E-state index contributed by atoms with van der Waals surface area (Å²) in [5.41, 5.74) is 0. The lowest BCUT2D eigenvalue weighted by Gasteiger charge is -2.30. The first kappa shape index (κ1) is 11.4. The molecule has 0 saturated heterocycles. The molecule has 2 aliphatic carbocycles. The number of esters is 1. The van der Waals surface area contributed by atoms with Crippen LogP contribution in [0.2, 0.25) is 0 Å². The molecule has 1 N–H and O–H groups in total. The number of hydrogen-bond donors (Lipinski definition) is 1. The molecule has 0 radical (unpaired) electrons. The summed E-state index contributed by atoms with van der Waals surface area (Å²) in [6.07, 6.45) is 1.85. The molecule has 2 bridgehead atoms. The summed E-state index contributed by atoms with van der Waals surface area (Å²) in [4.78, 5) is 23.0. The molecule has 0 aromatic carbocycles. The molecule has 2 aliphatic rings. The largest absolute Gasteiger partial charge is 0.481 e. The average Bonchev–Trinajstić information content (AvgIpc) is 2.73. The lowest BCUT2D eigenvalue weighted by atomic mass is 9.74. The van der Waals surface area contributed by atoms with Crippen LogP contribution < -0.4 is 0 Å². The number of carboxylic acids is 1. The Bertz CT molecular complexity index is 312. The van der Waals surface area contributed by atoms with Gasteiger partial charge in [0.15, 0.2) is 0 Å². The smallest absolute Gasteiger partial charge is 0.310 e. The second kappa shape index (κ2) is 4.07. The molecule has 2 rings (SSSR count). The Balaban J connectivity index is 2.18. The third-order valence-electron chi connectivity index (χ3n) is 4.18. The second-order valence-electron chi connectivity index (χ2n) is 5.01. The van der Waals surface area contributed by atoms with Crippen LogP contribution in [0.3, 0.4) is 0 Å². The number of carboxylic acid groups (broad SMARTS) is 1. The third kappa shape index (κ3) is 1.60. The van der Waals surface area contributed by atoms with E-state index in [9.17, 15) is 14.7 Å². The van der Waals surface area contributed by atoms with E-state index < -0.39 is 17.8 Å². The van der Waals surface area contributed by atoms with Gasteiger partial charge in [0, 0.05) is 0 Å². The van der Waals surface area contributed by atoms with Gasteiger partial charge in [0.1, 0.15) is 0 Å². The zero-order valence-electron chi connectivity index (χ0n) is 9.68. The minimum Gasteiger partial charge on any atom is -0.481 e. The monoisotopic (exact) mass is 226 g/mol. The highest BCUT2D eigenvalue weighted by Crippen LogP contribution is 2.55. The van der Waals surface area contributed by atoms with E-state index in [0.717, 1.165) is 12.8 Å². The molecule has 0 amide bonds. The quantitative estimate of drug-likeness (QED) is 0.741. The Labute approximate surface area is 95.0 Å². The first-order valence-corrected chi connectivity index (χ1v) is 5.95. The van der Waals surface area contributed by atoms with Gasteiger partial charge in [0.05, 0.1) is 18.4 Å². The van der Waals surface area contributed by atoms with E-state index in [1.807, 2.05) is 0 Å². The van der Waals surface area contributed by atoms with E-state index in [0.29, 0.717) is 12.5 Å². The molecule has 4 nitrogen and oxygen atoms in total. The van der Waals surface area contributed by atoms with Crippen LogP contribution in [0.5, 0.6) is 0 Å². The zero-order chi connectivity index (χ0) is 11.9. The molecular formula is C12H18O4. The van der Waals surface area contributed by atoms with Gasteiger partial charge in [0.2, 0.25) is 0 Å². The first-order chi connectivity index (χ1) is 7.56. The lowest BCUT2D eigenvalue weighted by molar-refractivity contribution is -0.160. The fourth-order valence-corrected chi connectivity index (χ4v) is 3.60. The zero-order valence-corrected chi connectivity index (χ0v) is 9.68. The van der Waals surface area contributed by atoms with Crippen LogP contribution in [0.15, 0.2) is 0 Å². The van der Waals surface area contributed by atoms with Crippen molar-refractivity contribution >= 4 is 11.9 Å². The molecule has 0 spiro atoms. The van der Waals surface area contributed by atoms with Crippen LogP contribution in [0, 0.1) is 29.6 Å². The topological polar surface area (TPSA) is 63.6 Å². The van der Waals surface area contributed by atoms with E-state index in [2.05, 4.69) is 6.92 Å². The van der Waals surface area contributed by atoms with Crippen LogP contribution >= 0.6 is 0 Å². The van der Waals surface area contributed by atoms with Gasteiger partial charge in [-0.2, -0.15) is 0 Å². The van der Waals surface area contributed by atoms with Crippen molar-refractivity contribution in [3.05, 3.63) is 0 Å². The average molecular weight is 226 g/mol. The van der Waals surface area contributed by atoms with Crippen LogP contribution in [-0.4, -0.2) is 23.7 Å². The summed E-state index contributed by atoms with van der Waals surface area (Å²) in [6, 6.07) is 0. The van der Waals surface area contributed by atoms with Crippen LogP contribution in [-0.2, 0) is 14.3 Å². The molecule has 2 fully saturated rings. The molecule has 16 heavy (non-hydrogen) atoms. The van der Waals surface area contributed by atoms with Crippen molar-refractivity contribution in [1.82, 2.24) is 0 Å². The molecule has 0 aliphatic heterocycles. The molecule has 5 unspecified atom stereocenters. The maximum absolute atomic E-state index is 11.8. The standard InChI is InChI=1S/C12H18O4/c1-3-16-12(15)9-7-4-6(2)8(5-7)10(9)11(13)14/h6-10H,3-5H2,1-2H3,(H,13,14). The summed E-state index contributed by atoms with van der Waals surface area (Å²) >= 11 is 0. The van der Waals surface area contributed by atoms with Gasteiger partial charge >= 0.3 is 11.9 Å². The van der Waals surface area contributed by atoms with E-state index in [1.165, 1.54) is 0 Å². The highest BCUT2D eigenvalue weighted by atomic mass is 16.5. The Morgan fingerprint density at radius 3 is 2.56 bits per heavy atom. The second-order valence-corrected chi connectivity index (χ2v) is 5.01. The molecule has 0 aromatic rings. The number of fused-ring (bicyclic) bond motifs is 2. The fourth-order valence-electron chi connectivity index (χ4n) is 3.60. The molecule has 2 saturated carbocycles. The minimum absolute atomic E-state index is 0.164. The Kier molecular flexibility index (Phi) is 2.91. The van der Waals surface area contributed by atoms with Crippen LogP contribution in [0.4, 0.5) is 0 Å². The van der Waals surface area contributed by atoms with Gasteiger partial charge in [-0.15, -0.1) is 0 Å². The molecule has 0 heterocycles. The van der Waals surface area contributed by atoms with Crippen molar-refractivity contribution in [3.8, 4) is 0 Å². The van der Waals surface area contributed by atoms with Crippen molar-refractivity contribution in [1.29, 1.82) is 0 Å². The van der Waals surface area contributed by atoms with Crippen molar-refractivity contribution in [2.75, 3.05) is 6.61 Å². The van der Waals surface area contributed by atoms with Crippen LogP contribution in [0.1, 0.15) is 26.7 Å². The summed E-state index contributed by atoms with van der Waals surface area (Å²) in [6.45, 7) is 4.17. The number of hydrogen-bond acceptors (Lipinski definition) is 3. The van der Waals surface area contributed by atoms with Gasteiger partial charge in [0.25, 0.3) is 0 Å². The molecule has 90 valence electrons. The number of aliphatic carboxylic acids is 1. The minimum atomic E-state index is -0.836. The third-order valence-corrected chi connectivity index (χ3v) is 4.18. The molecular weight excluding hydrogens is 208 g/mol. The maximum atomic E-state index is 11.8. The van der Waals surface area contributed by atoms with Crippen LogP contribution in [0.25, 0.3) is 0 Å². The van der Waals surface area contributed by atoms with Crippen molar-refractivity contribution < 1.29 is 19.4 Å². The highest BCUT2D eigenvalue weighted by Gasteiger charge is 2.57. The molecule has 5 atom stereocenters. The SMILES string of the molecule is CCOC(=O)C1C2CC(C)C(C2)C1C(=O)O. The highest BCUT2D eigenvalue weighted by molar-refractivity contribution is 5.82. The number of carbonyl (C=O) groups excluding carboxylic acids is 1. The van der Waals surface area contributed by atoms with E-state index in [4.69, 9.17) is 4.74 Å². The predicted molar refractivity (Wildman–Crippen MR) is 56.6 cm³/mol.